The molecule has 0 heterocycles. The van der Waals surface area contributed by atoms with Crippen LogP contribution in [0.15, 0.2) is 0 Å². The lowest BCUT2D eigenvalue weighted by atomic mass is 9.80. The minimum atomic E-state index is -2.99. The monoisotopic (exact) mass is 235 g/mol. The van der Waals surface area contributed by atoms with Crippen LogP contribution in [0.3, 0.4) is 0 Å². The van der Waals surface area contributed by atoms with Gasteiger partial charge in [0.2, 0.25) is 0 Å². The van der Waals surface area contributed by atoms with Gasteiger partial charge in [-0.15, -0.1) is 0 Å². The maximum atomic E-state index is 11.7. The predicted molar refractivity (Wildman–Crippen MR) is 60.2 cm³/mol. The molecule has 1 rings (SSSR count). The molecule has 0 aliphatic heterocycles. The Labute approximate surface area is 91.8 Å². The lowest BCUT2D eigenvalue weighted by Crippen LogP contribution is -2.37. The Morgan fingerprint density at radius 2 is 2.13 bits per heavy atom. The van der Waals surface area contributed by atoms with Gasteiger partial charge in [0.15, 0.2) is 9.84 Å². The average Bonchev–Trinajstić information content (AvgIpc) is 2.57. The maximum Gasteiger partial charge on any atom is 0.152 e. The van der Waals surface area contributed by atoms with Crippen LogP contribution in [0, 0.1) is 11.3 Å². The molecule has 4 nitrogen and oxygen atoms in total. The quantitative estimate of drug-likeness (QED) is 0.727. The zero-order valence-electron chi connectivity index (χ0n) is 9.44. The molecule has 0 bridgehead atoms. The van der Waals surface area contributed by atoms with E-state index >= 15 is 0 Å². The molecule has 0 unspecified atom stereocenters. The molecule has 90 valence electrons. The molecule has 0 aromatic carbocycles. The van der Waals surface area contributed by atoms with E-state index in [1.807, 2.05) is 6.92 Å². The summed E-state index contributed by atoms with van der Waals surface area (Å²) >= 11 is 0. The molecule has 5 heteroatoms. The third kappa shape index (κ3) is 2.19. The van der Waals surface area contributed by atoms with Crippen LogP contribution in [0.25, 0.3) is 0 Å². The third-order valence-corrected chi connectivity index (χ3v) is 6.11. The van der Waals surface area contributed by atoms with Gasteiger partial charge in [-0.3, -0.25) is 0 Å². The number of aliphatic hydroxyl groups is 1. The number of hydrogen-bond acceptors (Lipinski definition) is 4. The summed E-state index contributed by atoms with van der Waals surface area (Å²) in [6, 6.07) is 0. The van der Waals surface area contributed by atoms with E-state index in [-0.39, 0.29) is 28.9 Å². The Morgan fingerprint density at radius 3 is 2.47 bits per heavy atom. The summed E-state index contributed by atoms with van der Waals surface area (Å²) in [5.41, 5.74) is 5.28. The fourth-order valence-electron chi connectivity index (χ4n) is 2.46. The molecule has 1 aliphatic carbocycles. The Hall–Kier alpha value is -0.130. The van der Waals surface area contributed by atoms with Crippen molar-refractivity contribution < 1.29 is 13.5 Å². The SMILES string of the molecule is CCS(=O)(=O)[C@@H]1C[C@@H](C)[C@](CN)(CO)C1. The van der Waals surface area contributed by atoms with Crippen LogP contribution >= 0.6 is 0 Å². The second-order valence-electron chi connectivity index (χ2n) is 4.64. The van der Waals surface area contributed by atoms with E-state index in [2.05, 4.69) is 0 Å². The molecule has 0 aromatic heterocycles. The van der Waals surface area contributed by atoms with Crippen LogP contribution < -0.4 is 5.73 Å². The number of sulfone groups is 1. The van der Waals surface area contributed by atoms with Crippen molar-refractivity contribution >= 4 is 9.84 Å². The van der Waals surface area contributed by atoms with Gasteiger partial charge in [-0.25, -0.2) is 8.42 Å². The molecule has 0 radical (unpaired) electrons. The number of aliphatic hydroxyl groups excluding tert-OH is 1. The molecule has 0 aromatic rings. The molecular formula is C10H21NO3S. The van der Waals surface area contributed by atoms with E-state index in [0.717, 1.165) is 0 Å². The largest absolute Gasteiger partial charge is 0.396 e. The van der Waals surface area contributed by atoms with Gasteiger partial charge in [0.05, 0.1) is 11.9 Å². The number of rotatable bonds is 4. The van der Waals surface area contributed by atoms with Crippen LogP contribution in [0.2, 0.25) is 0 Å². The van der Waals surface area contributed by atoms with Gasteiger partial charge in [0.25, 0.3) is 0 Å². The van der Waals surface area contributed by atoms with Crippen molar-refractivity contribution in [2.24, 2.45) is 17.1 Å². The molecule has 1 saturated carbocycles. The van der Waals surface area contributed by atoms with Gasteiger partial charge in [0, 0.05) is 17.7 Å². The Morgan fingerprint density at radius 1 is 1.53 bits per heavy atom. The van der Waals surface area contributed by atoms with Crippen LogP contribution in [-0.4, -0.2) is 37.7 Å². The highest BCUT2D eigenvalue weighted by Gasteiger charge is 2.47. The Balaban J connectivity index is 2.89. The summed E-state index contributed by atoms with van der Waals surface area (Å²) in [4.78, 5) is 0. The summed E-state index contributed by atoms with van der Waals surface area (Å²) in [5.74, 6) is 0.357. The van der Waals surface area contributed by atoms with Crippen LogP contribution in [0.5, 0.6) is 0 Å². The topological polar surface area (TPSA) is 80.4 Å². The smallest absolute Gasteiger partial charge is 0.152 e. The minimum Gasteiger partial charge on any atom is -0.396 e. The maximum absolute atomic E-state index is 11.7. The predicted octanol–water partition coefficient (Wildman–Crippen LogP) is 0.157. The lowest BCUT2D eigenvalue weighted by molar-refractivity contribution is 0.0996. The first kappa shape index (κ1) is 12.9. The first-order chi connectivity index (χ1) is 6.91. The van der Waals surface area contributed by atoms with E-state index in [1.165, 1.54) is 0 Å². The summed E-state index contributed by atoms with van der Waals surface area (Å²) < 4.78 is 23.5. The highest BCUT2D eigenvalue weighted by molar-refractivity contribution is 7.92. The first-order valence-electron chi connectivity index (χ1n) is 5.44. The van der Waals surface area contributed by atoms with E-state index in [0.29, 0.717) is 19.4 Å². The lowest BCUT2D eigenvalue weighted by Gasteiger charge is -2.29. The third-order valence-electron chi connectivity index (χ3n) is 3.93. The normalized spacial score (nSPS) is 37.1. The van der Waals surface area contributed by atoms with Crippen molar-refractivity contribution in [1.29, 1.82) is 0 Å². The van der Waals surface area contributed by atoms with Crippen molar-refractivity contribution in [1.82, 2.24) is 0 Å². The second kappa shape index (κ2) is 4.39. The standard InChI is InChI=1S/C10H21NO3S/c1-3-15(13,14)9-4-8(2)10(5-9,6-11)7-12/h8-9,12H,3-7,11H2,1-2H3/t8-,9-,10-/m1/s1. The van der Waals surface area contributed by atoms with Crippen molar-refractivity contribution in [3.05, 3.63) is 0 Å². The van der Waals surface area contributed by atoms with Crippen molar-refractivity contribution in [3.8, 4) is 0 Å². The summed E-state index contributed by atoms with van der Waals surface area (Å²) in [5, 5.41) is 9.06. The second-order valence-corrected chi connectivity index (χ2v) is 7.21. The highest BCUT2D eigenvalue weighted by Crippen LogP contribution is 2.44. The minimum absolute atomic E-state index is 0.0135. The Kier molecular flexibility index (Phi) is 3.79. The molecule has 0 saturated heterocycles. The van der Waals surface area contributed by atoms with Crippen molar-refractivity contribution in [3.63, 3.8) is 0 Å². The first-order valence-corrected chi connectivity index (χ1v) is 7.16. The molecular weight excluding hydrogens is 214 g/mol. The van der Waals surface area contributed by atoms with Gasteiger partial charge < -0.3 is 10.8 Å². The average molecular weight is 235 g/mol. The van der Waals surface area contributed by atoms with E-state index in [1.54, 1.807) is 6.92 Å². The van der Waals surface area contributed by atoms with Crippen molar-refractivity contribution in [2.75, 3.05) is 18.9 Å². The summed E-state index contributed by atoms with van der Waals surface area (Å²) in [6.07, 6.45) is 1.14. The van der Waals surface area contributed by atoms with Gasteiger partial charge in [-0.05, 0) is 18.8 Å². The highest BCUT2D eigenvalue weighted by atomic mass is 32.2. The van der Waals surface area contributed by atoms with Crippen LogP contribution in [0.1, 0.15) is 26.7 Å². The molecule has 0 spiro atoms. The van der Waals surface area contributed by atoms with Crippen LogP contribution in [0.4, 0.5) is 0 Å². The van der Waals surface area contributed by atoms with Gasteiger partial charge in [-0.1, -0.05) is 13.8 Å². The zero-order valence-corrected chi connectivity index (χ0v) is 10.3. The van der Waals surface area contributed by atoms with Crippen LogP contribution in [-0.2, 0) is 9.84 Å². The van der Waals surface area contributed by atoms with Crippen molar-refractivity contribution in [2.45, 2.75) is 31.9 Å². The van der Waals surface area contributed by atoms with E-state index in [4.69, 9.17) is 5.73 Å². The summed E-state index contributed by atoms with van der Waals surface area (Å²) in [7, 11) is -2.99. The fourth-order valence-corrected chi connectivity index (χ4v) is 4.10. The molecule has 3 atom stereocenters. The fraction of sp³-hybridized carbons (Fsp3) is 1.00. The van der Waals surface area contributed by atoms with E-state index in [9.17, 15) is 13.5 Å². The molecule has 0 amide bonds. The number of hydrogen-bond donors (Lipinski definition) is 2. The molecule has 15 heavy (non-hydrogen) atoms. The van der Waals surface area contributed by atoms with Gasteiger partial charge in [0.1, 0.15) is 0 Å². The van der Waals surface area contributed by atoms with E-state index < -0.39 is 9.84 Å². The molecule has 3 N–H and O–H groups in total. The molecule has 1 fully saturated rings. The zero-order chi connectivity index (χ0) is 11.7. The number of nitrogens with two attached hydrogens (primary N) is 1. The molecule has 1 aliphatic rings. The van der Waals surface area contributed by atoms with Gasteiger partial charge in [-0.2, -0.15) is 0 Å². The van der Waals surface area contributed by atoms with Gasteiger partial charge >= 0.3 is 0 Å². The Bertz CT molecular complexity index is 309. The summed E-state index contributed by atoms with van der Waals surface area (Å²) in [6.45, 7) is 4.00.